The fourth-order valence-corrected chi connectivity index (χ4v) is 21.3. The van der Waals surface area contributed by atoms with E-state index in [1.54, 1.807) is 0 Å². The van der Waals surface area contributed by atoms with Gasteiger partial charge in [0.2, 0.25) is 13.4 Å². The molecular weight excluding hydrogens is 1450 g/mol. The van der Waals surface area contributed by atoms with Gasteiger partial charge in [0.15, 0.2) is 0 Å². The third-order valence-electron chi connectivity index (χ3n) is 25.9. The molecular formula is C108H76B2F4N4. The Morgan fingerprint density at radius 1 is 0.195 bits per heavy atom. The lowest BCUT2D eigenvalue weighted by atomic mass is 9.33. The summed E-state index contributed by atoms with van der Waals surface area (Å²) >= 11 is 0. The van der Waals surface area contributed by atoms with Crippen molar-refractivity contribution < 1.29 is 17.6 Å². The van der Waals surface area contributed by atoms with Gasteiger partial charge in [-0.05, 0) is 220 Å². The highest BCUT2D eigenvalue weighted by Crippen LogP contribution is 2.46. The molecule has 0 atom stereocenters. The van der Waals surface area contributed by atoms with Gasteiger partial charge in [-0.1, -0.05) is 271 Å². The Kier molecular flexibility index (Phi) is 16.1. The summed E-state index contributed by atoms with van der Waals surface area (Å²) < 4.78 is 81.0. The van der Waals surface area contributed by atoms with Gasteiger partial charge >= 0.3 is 0 Å². The van der Waals surface area contributed by atoms with Crippen molar-refractivity contribution in [2.45, 2.75) is 55.4 Å². The van der Waals surface area contributed by atoms with Crippen molar-refractivity contribution >= 4 is 166 Å². The minimum absolute atomic E-state index is 0.173. The molecule has 0 unspecified atom stereocenters. The first-order chi connectivity index (χ1) is 57.6. The van der Waals surface area contributed by atoms with Crippen LogP contribution in [-0.2, 0) is 0 Å². The molecule has 562 valence electrons. The fourth-order valence-electron chi connectivity index (χ4n) is 21.3. The maximum atomic E-state index is 17.9. The summed E-state index contributed by atoms with van der Waals surface area (Å²) in [6, 6.07) is 108. The molecule has 22 rings (SSSR count). The first-order valence-electron chi connectivity index (χ1n) is 40.6. The zero-order chi connectivity index (χ0) is 79.9. The number of benzene rings is 18. The van der Waals surface area contributed by atoms with E-state index in [1.165, 1.54) is 36.4 Å². The topological polar surface area (TPSA) is 19.7 Å². The summed E-state index contributed by atoms with van der Waals surface area (Å²) in [7, 11) is 0. The molecule has 0 radical (unpaired) electrons. The van der Waals surface area contributed by atoms with Gasteiger partial charge in [-0.15, -0.1) is 0 Å². The number of para-hydroxylation sites is 8. The number of aromatic nitrogens is 4. The van der Waals surface area contributed by atoms with E-state index in [1.807, 2.05) is 0 Å². The summed E-state index contributed by atoms with van der Waals surface area (Å²) in [5.74, 6) is -2.87. The Bertz CT molecular complexity index is 6910. The summed E-state index contributed by atoms with van der Waals surface area (Å²) in [5.41, 5.74) is 27.0. The lowest BCUT2D eigenvalue weighted by Gasteiger charge is -2.30. The molecule has 0 amide bonds. The van der Waals surface area contributed by atoms with Crippen LogP contribution in [0.15, 0.2) is 315 Å². The van der Waals surface area contributed by atoms with Gasteiger partial charge in [0.25, 0.3) is 0 Å². The monoisotopic (exact) mass is 1530 g/mol. The van der Waals surface area contributed by atoms with Crippen LogP contribution in [0.3, 0.4) is 0 Å². The molecule has 0 aliphatic heterocycles. The first-order valence-corrected chi connectivity index (χ1v) is 40.6. The largest absolute Gasteiger partial charge is 0.309 e. The van der Waals surface area contributed by atoms with Gasteiger partial charge in [-0.2, -0.15) is 0 Å². The number of rotatable bonds is 12. The van der Waals surface area contributed by atoms with Crippen LogP contribution in [0.2, 0.25) is 0 Å². The highest BCUT2D eigenvalue weighted by atomic mass is 19.1. The van der Waals surface area contributed by atoms with E-state index in [2.05, 4.69) is 353 Å². The van der Waals surface area contributed by atoms with Crippen LogP contribution in [0, 0.1) is 78.7 Å². The van der Waals surface area contributed by atoms with E-state index in [-0.39, 0.29) is 11.1 Å². The van der Waals surface area contributed by atoms with Crippen LogP contribution in [0.5, 0.6) is 0 Å². The Hall–Kier alpha value is -14.0. The Labute approximate surface area is 680 Å². The van der Waals surface area contributed by atoms with Crippen molar-refractivity contribution in [3.8, 4) is 45.0 Å². The normalized spacial score (nSPS) is 12.1. The summed E-state index contributed by atoms with van der Waals surface area (Å²) in [5, 5.41) is 13.5. The Morgan fingerprint density at radius 3 is 0.585 bits per heavy atom. The number of fused-ring (bicyclic) bond motifs is 12. The third-order valence-corrected chi connectivity index (χ3v) is 25.9. The second-order valence-corrected chi connectivity index (χ2v) is 32.6. The van der Waals surface area contributed by atoms with Crippen molar-refractivity contribution in [1.82, 2.24) is 18.3 Å². The molecule has 0 spiro atoms. The SMILES string of the molecule is Cc1cc(-n2c3ccccc3c3ccccc32)cc(C)c1B(c1c(C)cc(-n2c3ccccc3c3ccccc32)cc1C)c1cc(-c2c(F)cccc2F)c2ccc3c(B(c4c(C)cc(-n5c6ccccc6c6ccccc65)cc4C)c4c(C)cc(-n5c6ccccc6c6ccccc65)cc4C)cc(-c4c(F)cccc4F)c4ccc1c2c34. The zero-order valence-corrected chi connectivity index (χ0v) is 66.5. The van der Waals surface area contributed by atoms with Gasteiger partial charge in [-0.3, -0.25) is 0 Å². The predicted molar refractivity (Wildman–Crippen MR) is 491 cm³/mol. The smallest absolute Gasteiger partial charge is 0.243 e. The van der Waals surface area contributed by atoms with E-state index < -0.39 is 36.7 Å². The van der Waals surface area contributed by atoms with E-state index in [4.69, 9.17) is 0 Å². The summed E-state index contributed by atoms with van der Waals surface area (Å²) in [4.78, 5) is 0. The molecule has 0 N–H and O–H groups in total. The molecule has 22 aromatic rings. The molecule has 10 heteroatoms. The second kappa shape index (κ2) is 26.8. The average molecular weight is 1530 g/mol. The van der Waals surface area contributed by atoms with E-state index in [0.717, 1.165) is 198 Å². The molecule has 4 aromatic heterocycles. The van der Waals surface area contributed by atoms with Crippen molar-refractivity contribution in [1.29, 1.82) is 0 Å². The van der Waals surface area contributed by atoms with E-state index >= 15 is 17.6 Å². The van der Waals surface area contributed by atoms with Gasteiger partial charge in [0.1, 0.15) is 23.3 Å². The molecule has 18 aromatic carbocycles. The van der Waals surface area contributed by atoms with Gasteiger partial charge in [0.05, 0.1) is 55.3 Å². The minimum Gasteiger partial charge on any atom is -0.309 e. The van der Waals surface area contributed by atoms with Crippen LogP contribution in [0.25, 0.3) is 165 Å². The number of hydrogen-bond acceptors (Lipinski definition) is 0. The van der Waals surface area contributed by atoms with E-state index in [0.29, 0.717) is 32.7 Å². The molecule has 0 saturated heterocycles. The van der Waals surface area contributed by atoms with E-state index in [9.17, 15) is 0 Å². The predicted octanol–water partition coefficient (Wildman–Crippen LogP) is 24.4. The highest BCUT2D eigenvalue weighted by molar-refractivity contribution is 6.99. The maximum absolute atomic E-state index is 17.9. The van der Waals surface area contributed by atoms with Crippen LogP contribution in [0.1, 0.15) is 44.5 Å². The second-order valence-electron chi connectivity index (χ2n) is 32.6. The molecule has 4 heterocycles. The van der Waals surface area contributed by atoms with Crippen molar-refractivity contribution in [3.63, 3.8) is 0 Å². The Balaban J connectivity index is 0.867. The molecule has 118 heavy (non-hydrogen) atoms. The van der Waals surface area contributed by atoms with Gasteiger partial charge in [0, 0.05) is 65.8 Å². The fraction of sp³-hybridized carbons (Fsp3) is 0.0741. The van der Waals surface area contributed by atoms with Gasteiger partial charge in [-0.25, -0.2) is 17.6 Å². The summed E-state index contributed by atoms with van der Waals surface area (Å²) in [6.07, 6.45) is 0. The zero-order valence-electron chi connectivity index (χ0n) is 66.5. The lowest BCUT2D eigenvalue weighted by molar-refractivity contribution is 0.589. The quantitative estimate of drug-likeness (QED) is 0.0660. The minimum atomic E-state index is -0.719. The number of halogens is 4. The molecule has 0 saturated carbocycles. The maximum Gasteiger partial charge on any atom is 0.243 e. The van der Waals surface area contributed by atoms with Gasteiger partial charge < -0.3 is 18.3 Å². The molecule has 0 aliphatic rings. The number of hydrogen-bond donors (Lipinski definition) is 0. The average Bonchev–Trinajstić information content (AvgIpc) is 0.927. The van der Waals surface area contributed by atoms with Crippen LogP contribution in [-0.4, -0.2) is 31.7 Å². The van der Waals surface area contributed by atoms with Crippen LogP contribution >= 0.6 is 0 Å². The molecule has 0 bridgehead atoms. The van der Waals surface area contributed by atoms with Crippen molar-refractivity contribution in [3.05, 3.63) is 383 Å². The summed E-state index contributed by atoms with van der Waals surface area (Å²) in [6.45, 7) is 16.4. The van der Waals surface area contributed by atoms with Crippen LogP contribution in [0.4, 0.5) is 17.6 Å². The van der Waals surface area contributed by atoms with Crippen LogP contribution < -0.4 is 32.8 Å². The third kappa shape index (κ3) is 10.4. The highest BCUT2D eigenvalue weighted by Gasteiger charge is 2.37. The molecule has 0 aliphatic carbocycles. The standard InChI is InChI=1S/C108H76B2F4N4/c1-61-51-69(115-93-39-17-9-27-73(93)74-28-10-18-40-94(74)115)52-62(2)105(61)109(106-63(3)53-70(54-64(106)4)116-95-41-19-11-29-75(95)76-30-12-20-42-96(76)116)87-59-85(103-89(111)35-25-36-90(103)112)81-48-50-84-88(60-86(104-91(113)37-26-38-92(104)114)82-47-49-83(87)101(81)102(82)84)110(107-65(5)55-71(56-66(107)6)117-97-43-21-13-31-77(97)78-32-14-22-44-98(78)117)108-67(7)57-72(58-68(108)8)118-99-45-23-15-33-79(99)80-34-16-24-46-100(80)118/h9-60H,1-8H3. The number of aryl methyl sites for hydroxylation is 8. The molecule has 4 nitrogen and oxygen atoms in total. The number of nitrogens with zero attached hydrogens (tertiary/aromatic N) is 4. The van der Waals surface area contributed by atoms with Crippen molar-refractivity contribution in [2.24, 2.45) is 0 Å². The molecule has 0 fully saturated rings. The first kappa shape index (κ1) is 70.7. The van der Waals surface area contributed by atoms with Crippen molar-refractivity contribution in [2.75, 3.05) is 0 Å². The lowest BCUT2D eigenvalue weighted by Crippen LogP contribution is -2.56. The Morgan fingerprint density at radius 2 is 0.381 bits per heavy atom.